The van der Waals surface area contributed by atoms with E-state index in [4.69, 9.17) is 4.74 Å². The molecule has 2 aromatic carbocycles. The molecule has 0 fully saturated rings. The Morgan fingerprint density at radius 1 is 1.11 bits per heavy atom. The number of hydrogen-bond donors (Lipinski definition) is 1. The predicted molar refractivity (Wildman–Crippen MR) is 73.7 cm³/mol. The van der Waals surface area contributed by atoms with Crippen LogP contribution in [0.25, 0.3) is 0 Å². The predicted octanol–water partition coefficient (Wildman–Crippen LogP) is 3.68. The van der Waals surface area contributed by atoms with Crippen molar-refractivity contribution in [3.05, 3.63) is 64.1 Å². The second-order valence-electron chi connectivity index (χ2n) is 4.45. The van der Waals surface area contributed by atoms with Gasteiger partial charge in [0.2, 0.25) is 0 Å². The number of rotatable bonds is 1. The fourth-order valence-electron chi connectivity index (χ4n) is 2.42. The topological polar surface area (TPSA) is 29.5 Å². The standard InChI is InChI=1S/C15H13BrO2/c16-11-6-7-14-13(8-11)12(9-15(17)18-14)10-4-2-1-3-5-10/h1-8,12,15,17H,9H2/t12-,15-/m0/s1. The number of fused-ring (bicyclic) bond motifs is 1. The third kappa shape index (κ3) is 2.16. The molecule has 2 aromatic rings. The number of ether oxygens (including phenoxy) is 1. The van der Waals surface area contributed by atoms with E-state index in [2.05, 4.69) is 34.1 Å². The maximum atomic E-state index is 9.82. The molecule has 0 bridgehead atoms. The van der Waals surface area contributed by atoms with Gasteiger partial charge in [0.1, 0.15) is 5.75 Å². The van der Waals surface area contributed by atoms with Gasteiger partial charge in [-0.3, -0.25) is 0 Å². The van der Waals surface area contributed by atoms with Crippen LogP contribution in [0.5, 0.6) is 5.75 Å². The quantitative estimate of drug-likeness (QED) is 0.871. The molecule has 0 amide bonds. The van der Waals surface area contributed by atoms with E-state index in [0.717, 1.165) is 15.8 Å². The number of benzene rings is 2. The molecule has 1 heterocycles. The number of halogens is 1. The molecule has 3 rings (SSSR count). The molecule has 0 saturated carbocycles. The number of hydrogen-bond acceptors (Lipinski definition) is 2. The van der Waals surface area contributed by atoms with Crippen LogP contribution in [0.3, 0.4) is 0 Å². The second kappa shape index (κ2) is 4.75. The fraction of sp³-hybridized carbons (Fsp3) is 0.200. The highest BCUT2D eigenvalue weighted by Gasteiger charge is 2.28. The Balaban J connectivity index is 2.09. The van der Waals surface area contributed by atoms with E-state index in [9.17, 15) is 5.11 Å². The highest BCUT2D eigenvalue weighted by molar-refractivity contribution is 9.10. The number of aliphatic hydroxyl groups excluding tert-OH is 1. The van der Waals surface area contributed by atoms with Crippen LogP contribution >= 0.6 is 15.9 Å². The van der Waals surface area contributed by atoms with Gasteiger partial charge < -0.3 is 9.84 Å². The summed E-state index contributed by atoms with van der Waals surface area (Å²) in [5.41, 5.74) is 2.33. The first-order valence-electron chi connectivity index (χ1n) is 5.93. The molecule has 0 radical (unpaired) electrons. The Morgan fingerprint density at radius 3 is 2.67 bits per heavy atom. The molecule has 0 saturated heterocycles. The van der Waals surface area contributed by atoms with Crippen molar-refractivity contribution in [1.29, 1.82) is 0 Å². The monoisotopic (exact) mass is 304 g/mol. The minimum Gasteiger partial charge on any atom is -0.465 e. The van der Waals surface area contributed by atoms with E-state index in [1.165, 1.54) is 5.56 Å². The summed E-state index contributed by atoms with van der Waals surface area (Å²) in [5.74, 6) is 0.952. The zero-order valence-electron chi connectivity index (χ0n) is 9.71. The first-order valence-corrected chi connectivity index (χ1v) is 6.72. The molecule has 92 valence electrons. The zero-order valence-corrected chi connectivity index (χ0v) is 11.3. The SMILES string of the molecule is O[C@@H]1C[C@@H](c2ccccc2)c2cc(Br)ccc2O1. The van der Waals surface area contributed by atoms with Gasteiger partial charge in [0, 0.05) is 22.4 Å². The van der Waals surface area contributed by atoms with Crippen molar-refractivity contribution in [2.24, 2.45) is 0 Å². The van der Waals surface area contributed by atoms with E-state index < -0.39 is 6.29 Å². The second-order valence-corrected chi connectivity index (χ2v) is 5.37. The summed E-state index contributed by atoms with van der Waals surface area (Å²) in [6.07, 6.45) is -0.142. The molecule has 1 N–H and O–H groups in total. The summed E-state index contributed by atoms with van der Waals surface area (Å²) in [5, 5.41) is 9.82. The normalized spacial score (nSPS) is 22.1. The van der Waals surface area contributed by atoms with Crippen molar-refractivity contribution in [2.75, 3.05) is 0 Å². The third-order valence-electron chi connectivity index (χ3n) is 3.25. The summed E-state index contributed by atoms with van der Waals surface area (Å²) in [6, 6.07) is 16.1. The lowest BCUT2D eigenvalue weighted by atomic mass is 9.86. The minimum absolute atomic E-state index is 0.183. The van der Waals surface area contributed by atoms with Crippen LogP contribution < -0.4 is 4.74 Å². The van der Waals surface area contributed by atoms with Gasteiger partial charge in [-0.05, 0) is 23.8 Å². The average Bonchev–Trinajstić information content (AvgIpc) is 2.39. The fourth-order valence-corrected chi connectivity index (χ4v) is 2.80. The summed E-state index contributed by atoms with van der Waals surface area (Å²) < 4.78 is 6.50. The van der Waals surface area contributed by atoms with Gasteiger partial charge in [0.25, 0.3) is 0 Å². The van der Waals surface area contributed by atoms with Crippen LogP contribution in [-0.2, 0) is 0 Å². The lowest BCUT2D eigenvalue weighted by molar-refractivity contribution is -0.0359. The Hall–Kier alpha value is -1.32. The minimum atomic E-state index is -0.733. The van der Waals surface area contributed by atoms with E-state index in [0.29, 0.717) is 6.42 Å². The summed E-state index contributed by atoms with van der Waals surface area (Å²) in [6.45, 7) is 0. The molecule has 3 heteroatoms. The van der Waals surface area contributed by atoms with Crippen LogP contribution in [0.1, 0.15) is 23.5 Å². The van der Waals surface area contributed by atoms with Crippen LogP contribution in [0.2, 0.25) is 0 Å². The van der Waals surface area contributed by atoms with Crippen LogP contribution in [-0.4, -0.2) is 11.4 Å². The Morgan fingerprint density at radius 2 is 1.89 bits per heavy atom. The highest BCUT2D eigenvalue weighted by atomic mass is 79.9. The van der Waals surface area contributed by atoms with Gasteiger partial charge in [-0.25, -0.2) is 0 Å². The molecular formula is C15H13BrO2. The molecule has 18 heavy (non-hydrogen) atoms. The molecule has 1 aliphatic heterocycles. The van der Waals surface area contributed by atoms with Gasteiger partial charge >= 0.3 is 0 Å². The van der Waals surface area contributed by atoms with E-state index in [1.54, 1.807) is 0 Å². The van der Waals surface area contributed by atoms with E-state index >= 15 is 0 Å². The van der Waals surface area contributed by atoms with Crippen molar-refractivity contribution in [2.45, 2.75) is 18.6 Å². The smallest absolute Gasteiger partial charge is 0.198 e. The molecule has 0 unspecified atom stereocenters. The van der Waals surface area contributed by atoms with Crippen molar-refractivity contribution in [1.82, 2.24) is 0 Å². The summed E-state index contributed by atoms with van der Waals surface area (Å²) in [7, 11) is 0. The van der Waals surface area contributed by atoms with Gasteiger partial charge in [-0.2, -0.15) is 0 Å². The number of aliphatic hydroxyl groups is 1. The molecule has 1 aliphatic rings. The molecule has 0 aromatic heterocycles. The van der Waals surface area contributed by atoms with Crippen LogP contribution in [0, 0.1) is 0 Å². The molecule has 0 aliphatic carbocycles. The molecule has 2 atom stereocenters. The van der Waals surface area contributed by atoms with Crippen molar-refractivity contribution < 1.29 is 9.84 Å². The van der Waals surface area contributed by atoms with E-state index in [-0.39, 0.29) is 5.92 Å². The lowest BCUT2D eigenvalue weighted by Gasteiger charge is -2.30. The summed E-state index contributed by atoms with van der Waals surface area (Å²) in [4.78, 5) is 0. The Kier molecular flexibility index (Phi) is 3.10. The maximum absolute atomic E-state index is 9.82. The lowest BCUT2D eigenvalue weighted by Crippen LogP contribution is -2.25. The molecular weight excluding hydrogens is 292 g/mol. The van der Waals surface area contributed by atoms with Crippen LogP contribution in [0.4, 0.5) is 0 Å². The highest BCUT2D eigenvalue weighted by Crippen LogP contribution is 2.40. The Labute approximate surface area is 114 Å². The van der Waals surface area contributed by atoms with Crippen LogP contribution in [0.15, 0.2) is 53.0 Å². The molecule has 2 nitrogen and oxygen atoms in total. The molecule has 0 spiro atoms. The van der Waals surface area contributed by atoms with Crippen molar-refractivity contribution in [3.63, 3.8) is 0 Å². The maximum Gasteiger partial charge on any atom is 0.198 e. The van der Waals surface area contributed by atoms with Crippen molar-refractivity contribution >= 4 is 15.9 Å². The van der Waals surface area contributed by atoms with Crippen molar-refractivity contribution in [3.8, 4) is 5.75 Å². The third-order valence-corrected chi connectivity index (χ3v) is 3.74. The first kappa shape index (κ1) is 11.8. The Bertz CT molecular complexity index is 554. The van der Waals surface area contributed by atoms with Gasteiger partial charge in [0.05, 0.1) is 0 Å². The van der Waals surface area contributed by atoms with Gasteiger partial charge in [-0.1, -0.05) is 46.3 Å². The first-order chi connectivity index (χ1) is 8.74. The van der Waals surface area contributed by atoms with Gasteiger partial charge in [-0.15, -0.1) is 0 Å². The largest absolute Gasteiger partial charge is 0.465 e. The zero-order chi connectivity index (χ0) is 12.5. The summed E-state index contributed by atoms with van der Waals surface area (Å²) >= 11 is 3.49. The van der Waals surface area contributed by atoms with Gasteiger partial charge in [0.15, 0.2) is 6.29 Å². The average molecular weight is 305 g/mol. The van der Waals surface area contributed by atoms with E-state index in [1.807, 2.05) is 30.3 Å².